The van der Waals surface area contributed by atoms with Crippen LogP contribution in [0.4, 0.5) is 20.2 Å². The number of thiophene rings is 1. The maximum absolute atomic E-state index is 13.0. The van der Waals surface area contributed by atoms with Crippen molar-refractivity contribution < 1.29 is 13.6 Å². The molecule has 0 unspecified atom stereocenters. The topological polar surface area (TPSA) is 55.1 Å². The van der Waals surface area contributed by atoms with Crippen LogP contribution in [0.3, 0.4) is 0 Å². The molecule has 0 aliphatic carbocycles. The van der Waals surface area contributed by atoms with Crippen LogP contribution in [0.25, 0.3) is 0 Å². The Bertz CT molecular complexity index is 591. The molecule has 1 heterocycles. The number of benzene rings is 1. The van der Waals surface area contributed by atoms with Crippen molar-refractivity contribution >= 4 is 28.6 Å². The molecule has 0 saturated carbocycles. The van der Waals surface area contributed by atoms with Gasteiger partial charge in [0.1, 0.15) is 0 Å². The first-order chi connectivity index (χ1) is 8.47. The molecule has 0 atom stereocenters. The van der Waals surface area contributed by atoms with E-state index in [-0.39, 0.29) is 5.69 Å². The summed E-state index contributed by atoms with van der Waals surface area (Å²) >= 11 is 1.24. The molecule has 0 bridgehead atoms. The molecular weight excluding hydrogens is 258 g/mol. The van der Waals surface area contributed by atoms with Gasteiger partial charge >= 0.3 is 0 Å². The third kappa shape index (κ3) is 2.48. The highest BCUT2D eigenvalue weighted by atomic mass is 32.1. The second kappa shape index (κ2) is 4.73. The SMILES string of the molecule is Cc1sc(C(=O)Nc2ccc(F)c(F)c2)cc1N. The number of anilines is 2. The largest absolute Gasteiger partial charge is 0.398 e. The van der Waals surface area contributed by atoms with Crippen LogP contribution >= 0.6 is 11.3 Å². The molecule has 0 saturated heterocycles. The first kappa shape index (κ1) is 12.5. The smallest absolute Gasteiger partial charge is 0.265 e. The highest BCUT2D eigenvalue weighted by molar-refractivity contribution is 7.14. The maximum atomic E-state index is 13.0. The molecule has 2 aromatic rings. The van der Waals surface area contributed by atoms with Crippen molar-refractivity contribution in [2.24, 2.45) is 0 Å². The van der Waals surface area contributed by atoms with Crippen molar-refractivity contribution in [1.82, 2.24) is 0 Å². The van der Waals surface area contributed by atoms with Crippen LogP contribution in [0.1, 0.15) is 14.5 Å². The Morgan fingerprint density at radius 2 is 2.00 bits per heavy atom. The van der Waals surface area contributed by atoms with Gasteiger partial charge in [0.2, 0.25) is 0 Å². The van der Waals surface area contributed by atoms with E-state index in [0.29, 0.717) is 10.6 Å². The van der Waals surface area contributed by atoms with Gasteiger partial charge in [0.25, 0.3) is 5.91 Å². The number of carbonyl (C=O) groups excluding carboxylic acids is 1. The van der Waals surface area contributed by atoms with Gasteiger partial charge in [-0.3, -0.25) is 4.79 Å². The first-order valence-electron chi connectivity index (χ1n) is 5.09. The van der Waals surface area contributed by atoms with Crippen molar-refractivity contribution in [2.75, 3.05) is 11.1 Å². The molecule has 1 amide bonds. The number of nitrogens with two attached hydrogens (primary N) is 1. The summed E-state index contributed by atoms with van der Waals surface area (Å²) in [4.78, 5) is 13.1. The zero-order valence-electron chi connectivity index (χ0n) is 9.46. The Morgan fingerprint density at radius 1 is 1.28 bits per heavy atom. The summed E-state index contributed by atoms with van der Waals surface area (Å²) in [6.45, 7) is 1.80. The van der Waals surface area contributed by atoms with E-state index in [4.69, 9.17) is 5.73 Å². The number of hydrogen-bond donors (Lipinski definition) is 2. The molecule has 18 heavy (non-hydrogen) atoms. The van der Waals surface area contributed by atoms with E-state index in [1.54, 1.807) is 13.0 Å². The van der Waals surface area contributed by atoms with Gasteiger partial charge in [0, 0.05) is 22.3 Å². The Hall–Kier alpha value is -1.95. The zero-order valence-corrected chi connectivity index (χ0v) is 10.3. The van der Waals surface area contributed by atoms with Crippen molar-refractivity contribution in [2.45, 2.75) is 6.92 Å². The van der Waals surface area contributed by atoms with E-state index in [0.717, 1.165) is 17.0 Å². The van der Waals surface area contributed by atoms with E-state index in [2.05, 4.69) is 5.32 Å². The molecule has 6 heteroatoms. The van der Waals surface area contributed by atoms with E-state index >= 15 is 0 Å². The standard InChI is InChI=1S/C12H10F2N2OS/c1-6-10(15)5-11(18-6)12(17)16-7-2-3-8(13)9(14)4-7/h2-5H,15H2,1H3,(H,16,17). The average molecular weight is 268 g/mol. The van der Waals surface area contributed by atoms with E-state index in [1.165, 1.54) is 17.4 Å². The van der Waals surface area contributed by atoms with Gasteiger partial charge < -0.3 is 11.1 Å². The van der Waals surface area contributed by atoms with Crippen molar-refractivity contribution in [1.29, 1.82) is 0 Å². The fourth-order valence-electron chi connectivity index (χ4n) is 1.37. The quantitative estimate of drug-likeness (QED) is 0.879. The number of rotatable bonds is 2. The molecule has 1 aromatic carbocycles. The highest BCUT2D eigenvalue weighted by Crippen LogP contribution is 2.24. The lowest BCUT2D eigenvalue weighted by Crippen LogP contribution is -2.10. The van der Waals surface area contributed by atoms with Gasteiger partial charge in [-0.1, -0.05) is 0 Å². The minimum atomic E-state index is -1.00. The van der Waals surface area contributed by atoms with E-state index in [9.17, 15) is 13.6 Å². The van der Waals surface area contributed by atoms with Gasteiger partial charge in [-0.25, -0.2) is 8.78 Å². The van der Waals surface area contributed by atoms with Crippen molar-refractivity contribution in [3.63, 3.8) is 0 Å². The van der Waals surface area contributed by atoms with Gasteiger partial charge in [0.05, 0.1) is 4.88 Å². The van der Waals surface area contributed by atoms with Crippen LogP contribution in [0, 0.1) is 18.6 Å². The predicted octanol–water partition coefficient (Wildman–Crippen LogP) is 3.17. The van der Waals surface area contributed by atoms with Crippen LogP contribution in [-0.4, -0.2) is 5.91 Å². The molecule has 3 N–H and O–H groups in total. The summed E-state index contributed by atoms with van der Waals surface area (Å²) in [5, 5.41) is 2.48. The summed E-state index contributed by atoms with van der Waals surface area (Å²) in [5.41, 5.74) is 6.37. The molecule has 0 aliphatic heterocycles. The number of hydrogen-bond acceptors (Lipinski definition) is 3. The molecule has 0 aliphatic rings. The second-order valence-corrected chi connectivity index (χ2v) is 4.96. The van der Waals surface area contributed by atoms with Crippen molar-refractivity contribution in [3.05, 3.63) is 45.7 Å². The number of nitrogen functional groups attached to an aromatic ring is 1. The number of nitrogens with one attached hydrogen (secondary N) is 1. The number of carbonyl (C=O) groups is 1. The van der Waals surface area contributed by atoms with Gasteiger partial charge in [-0.15, -0.1) is 11.3 Å². The third-order valence-electron chi connectivity index (χ3n) is 2.36. The minimum absolute atomic E-state index is 0.198. The predicted molar refractivity (Wildman–Crippen MR) is 67.8 cm³/mol. The monoisotopic (exact) mass is 268 g/mol. The summed E-state index contributed by atoms with van der Waals surface area (Å²) in [6.07, 6.45) is 0. The lowest BCUT2D eigenvalue weighted by Gasteiger charge is -2.03. The molecule has 0 fully saturated rings. The number of halogens is 2. The van der Waals surface area contributed by atoms with Gasteiger partial charge in [-0.05, 0) is 25.1 Å². The van der Waals surface area contributed by atoms with Crippen LogP contribution < -0.4 is 11.1 Å². The molecule has 0 radical (unpaired) electrons. The fraction of sp³-hybridized carbons (Fsp3) is 0.0833. The number of aryl methyl sites for hydroxylation is 1. The summed E-state index contributed by atoms with van der Waals surface area (Å²) in [7, 11) is 0. The maximum Gasteiger partial charge on any atom is 0.265 e. The molecule has 3 nitrogen and oxygen atoms in total. The fourth-order valence-corrected chi connectivity index (χ4v) is 2.21. The third-order valence-corrected chi connectivity index (χ3v) is 3.42. The Labute approximate surface area is 106 Å². The molecule has 94 valence electrons. The van der Waals surface area contributed by atoms with Gasteiger partial charge in [0.15, 0.2) is 11.6 Å². The van der Waals surface area contributed by atoms with E-state index < -0.39 is 17.5 Å². The molecule has 0 spiro atoms. The van der Waals surface area contributed by atoms with Crippen LogP contribution in [0.5, 0.6) is 0 Å². The van der Waals surface area contributed by atoms with Crippen LogP contribution in [0.15, 0.2) is 24.3 Å². The zero-order chi connectivity index (χ0) is 13.3. The Balaban J connectivity index is 2.18. The Morgan fingerprint density at radius 3 is 2.56 bits per heavy atom. The lowest BCUT2D eigenvalue weighted by atomic mass is 10.3. The average Bonchev–Trinajstić information content (AvgIpc) is 2.65. The number of amides is 1. The molecule has 1 aromatic heterocycles. The highest BCUT2D eigenvalue weighted by Gasteiger charge is 2.12. The summed E-state index contributed by atoms with van der Waals surface area (Å²) < 4.78 is 25.7. The van der Waals surface area contributed by atoms with E-state index in [1.807, 2.05) is 0 Å². The van der Waals surface area contributed by atoms with Crippen molar-refractivity contribution in [3.8, 4) is 0 Å². The summed E-state index contributed by atoms with van der Waals surface area (Å²) in [5.74, 6) is -2.36. The molecule has 2 rings (SSSR count). The van der Waals surface area contributed by atoms with Crippen LogP contribution in [0.2, 0.25) is 0 Å². The van der Waals surface area contributed by atoms with Gasteiger partial charge in [-0.2, -0.15) is 0 Å². The van der Waals surface area contributed by atoms with Crippen LogP contribution in [-0.2, 0) is 0 Å². The first-order valence-corrected chi connectivity index (χ1v) is 5.91. The second-order valence-electron chi connectivity index (χ2n) is 3.71. The lowest BCUT2D eigenvalue weighted by molar-refractivity contribution is 0.103. The summed E-state index contributed by atoms with van der Waals surface area (Å²) in [6, 6.07) is 4.73. The minimum Gasteiger partial charge on any atom is -0.398 e. The normalized spacial score (nSPS) is 10.4. The Kier molecular flexibility index (Phi) is 3.29. The molecular formula is C12H10F2N2OS.